The highest BCUT2D eigenvalue weighted by Crippen LogP contribution is 2.41. The van der Waals surface area contributed by atoms with Crippen molar-refractivity contribution in [3.63, 3.8) is 0 Å². The Morgan fingerprint density at radius 2 is 1.94 bits per heavy atom. The Labute approximate surface area is 203 Å². The third-order valence-electron chi connectivity index (χ3n) is 6.89. The topological polar surface area (TPSA) is 49.2 Å². The molecule has 1 aliphatic heterocycles. The second kappa shape index (κ2) is 7.08. The van der Waals surface area contributed by atoms with Crippen LogP contribution in [0.15, 0.2) is 48.8 Å². The fourth-order valence-corrected chi connectivity index (χ4v) is 5.94. The molecule has 0 radical (unpaired) electrons. The van der Waals surface area contributed by atoms with Crippen LogP contribution in [0.3, 0.4) is 0 Å². The molecule has 8 heteroatoms. The van der Waals surface area contributed by atoms with Crippen molar-refractivity contribution in [3.05, 3.63) is 81.5 Å². The van der Waals surface area contributed by atoms with Gasteiger partial charge in [0.15, 0.2) is 0 Å². The SMILES string of the molecule is Cc1cccc2c3c4cc[nH]c4cc(F)c3c3c4c(nn3c12)CCN(c1ncc(Cl)cc1Cl)C4. The molecule has 2 aromatic carbocycles. The van der Waals surface area contributed by atoms with Crippen LogP contribution in [0.2, 0.25) is 10.0 Å². The fourth-order valence-electron chi connectivity index (χ4n) is 5.44. The molecule has 1 N–H and O–H groups in total. The average molecular weight is 490 g/mol. The third-order valence-corrected chi connectivity index (χ3v) is 7.37. The summed E-state index contributed by atoms with van der Waals surface area (Å²) in [5.41, 5.74) is 5.67. The summed E-state index contributed by atoms with van der Waals surface area (Å²) in [4.78, 5) is 9.76. The quantitative estimate of drug-likeness (QED) is 0.257. The van der Waals surface area contributed by atoms with Gasteiger partial charge in [0.25, 0.3) is 0 Å². The maximum atomic E-state index is 15.8. The molecule has 0 spiro atoms. The second-order valence-corrected chi connectivity index (χ2v) is 9.68. The van der Waals surface area contributed by atoms with Gasteiger partial charge in [-0.2, -0.15) is 5.10 Å². The summed E-state index contributed by atoms with van der Waals surface area (Å²) >= 11 is 12.5. The Bertz CT molecular complexity index is 1800. The van der Waals surface area contributed by atoms with E-state index in [0.717, 1.165) is 49.5 Å². The first-order valence-corrected chi connectivity index (χ1v) is 11.8. The molecule has 4 aromatic heterocycles. The van der Waals surface area contributed by atoms with Gasteiger partial charge in [-0.3, -0.25) is 0 Å². The molecular formula is C26H18Cl2FN5. The number of hydrogen-bond donors (Lipinski definition) is 1. The van der Waals surface area contributed by atoms with Crippen LogP contribution in [0.1, 0.15) is 16.8 Å². The number of halogens is 3. The molecule has 0 amide bonds. The van der Waals surface area contributed by atoms with E-state index in [0.29, 0.717) is 40.8 Å². The number of rotatable bonds is 1. The van der Waals surface area contributed by atoms with E-state index < -0.39 is 0 Å². The van der Waals surface area contributed by atoms with E-state index in [4.69, 9.17) is 28.3 Å². The van der Waals surface area contributed by atoms with Crippen molar-refractivity contribution in [2.24, 2.45) is 0 Å². The number of aryl methyl sites for hydroxylation is 1. The molecular weight excluding hydrogens is 472 g/mol. The minimum absolute atomic E-state index is 0.263. The average Bonchev–Trinajstić information content (AvgIpc) is 3.42. The zero-order valence-electron chi connectivity index (χ0n) is 18.2. The van der Waals surface area contributed by atoms with Crippen molar-refractivity contribution >= 4 is 67.1 Å². The number of nitrogens with zero attached hydrogens (tertiary/aromatic N) is 4. The molecule has 0 saturated carbocycles. The van der Waals surface area contributed by atoms with Gasteiger partial charge >= 0.3 is 0 Å². The van der Waals surface area contributed by atoms with Gasteiger partial charge in [-0.15, -0.1) is 0 Å². The summed E-state index contributed by atoms with van der Waals surface area (Å²) in [6.45, 7) is 3.32. The minimum Gasteiger partial charge on any atom is -0.361 e. The Morgan fingerprint density at radius 1 is 1.06 bits per heavy atom. The van der Waals surface area contributed by atoms with E-state index in [-0.39, 0.29) is 5.82 Å². The molecule has 6 aromatic rings. The first kappa shape index (κ1) is 20.1. The van der Waals surface area contributed by atoms with Gasteiger partial charge in [0.05, 0.1) is 26.8 Å². The van der Waals surface area contributed by atoms with Crippen LogP contribution in [0.25, 0.3) is 38.1 Å². The zero-order valence-corrected chi connectivity index (χ0v) is 19.7. The lowest BCUT2D eigenvalue weighted by Crippen LogP contribution is -2.31. The van der Waals surface area contributed by atoms with E-state index in [1.807, 2.05) is 22.8 Å². The van der Waals surface area contributed by atoms with Gasteiger partial charge in [0.1, 0.15) is 11.6 Å². The van der Waals surface area contributed by atoms with Gasteiger partial charge in [0, 0.05) is 64.5 Å². The van der Waals surface area contributed by atoms with Gasteiger partial charge in [0.2, 0.25) is 0 Å². The highest BCUT2D eigenvalue weighted by molar-refractivity contribution is 6.36. The van der Waals surface area contributed by atoms with Crippen molar-refractivity contribution in [1.29, 1.82) is 0 Å². The summed E-state index contributed by atoms with van der Waals surface area (Å²) in [6, 6.07) is 11.4. The largest absolute Gasteiger partial charge is 0.361 e. The normalized spacial score (nSPS) is 14.1. The molecule has 5 nitrogen and oxygen atoms in total. The van der Waals surface area contributed by atoms with Crippen molar-refractivity contribution in [2.75, 3.05) is 11.4 Å². The first-order chi connectivity index (χ1) is 16.5. The lowest BCUT2D eigenvalue weighted by atomic mass is 9.96. The number of aromatic nitrogens is 4. The maximum Gasteiger partial charge on any atom is 0.147 e. The lowest BCUT2D eigenvalue weighted by Gasteiger charge is -2.28. The molecule has 7 rings (SSSR count). The van der Waals surface area contributed by atoms with E-state index in [1.54, 1.807) is 18.3 Å². The van der Waals surface area contributed by atoms with E-state index in [1.165, 1.54) is 0 Å². The highest BCUT2D eigenvalue weighted by atomic mass is 35.5. The molecule has 0 bridgehead atoms. The first-order valence-electron chi connectivity index (χ1n) is 11.1. The third kappa shape index (κ3) is 2.67. The lowest BCUT2D eigenvalue weighted by molar-refractivity contribution is 0.641. The zero-order chi connectivity index (χ0) is 23.1. The fraction of sp³-hybridized carbons (Fsp3) is 0.154. The van der Waals surface area contributed by atoms with Crippen molar-refractivity contribution in [1.82, 2.24) is 19.6 Å². The van der Waals surface area contributed by atoms with E-state index >= 15 is 4.39 Å². The minimum atomic E-state index is -0.263. The van der Waals surface area contributed by atoms with Crippen LogP contribution in [0.5, 0.6) is 0 Å². The summed E-state index contributed by atoms with van der Waals surface area (Å²) in [5, 5.41) is 9.49. The number of benzene rings is 2. The maximum absolute atomic E-state index is 15.8. The summed E-state index contributed by atoms with van der Waals surface area (Å²) < 4.78 is 17.7. The number of nitrogens with one attached hydrogen (secondary N) is 1. The van der Waals surface area contributed by atoms with Crippen LogP contribution in [0.4, 0.5) is 10.2 Å². The number of hydrogen-bond acceptors (Lipinski definition) is 3. The number of aromatic amines is 1. The van der Waals surface area contributed by atoms with Crippen molar-refractivity contribution < 1.29 is 4.39 Å². The summed E-state index contributed by atoms with van der Waals surface area (Å²) in [6.07, 6.45) is 4.17. The predicted molar refractivity (Wildman–Crippen MR) is 136 cm³/mol. The number of para-hydroxylation sites is 1. The monoisotopic (exact) mass is 489 g/mol. The van der Waals surface area contributed by atoms with Gasteiger partial charge in [-0.1, -0.05) is 41.4 Å². The summed E-state index contributed by atoms with van der Waals surface area (Å²) in [7, 11) is 0. The van der Waals surface area contributed by atoms with Gasteiger partial charge in [-0.25, -0.2) is 13.9 Å². The molecule has 0 aliphatic carbocycles. The smallest absolute Gasteiger partial charge is 0.147 e. The number of pyridine rings is 2. The standard InChI is InChI=1S/C26H18Cl2FN5/c1-13-3-2-4-16-22-15-5-7-30-21(15)10-19(29)23(22)25-17-12-33(26-18(28)9-14(27)11-31-26)8-6-20(17)32-34(25)24(13)16/h2-5,7,9-11,30H,6,8,12H2,1H3. The number of H-pyrrole nitrogens is 1. The number of fused-ring (bicyclic) bond motifs is 10. The van der Waals surface area contributed by atoms with E-state index in [9.17, 15) is 0 Å². The predicted octanol–water partition coefficient (Wildman–Crippen LogP) is 6.83. The van der Waals surface area contributed by atoms with Crippen LogP contribution in [0, 0.1) is 12.7 Å². The Balaban J connectivity index is 1.60. The van der Waals surface area contributed by atoms with Crippen molar-refractivity contribution in [3.8, 4) is 0 Å². The molecule has 0 unspecified atom stereocenters. The van der Waals surface area contributed by atoms with Crippen LogP contribution in [-0.2, 0) is 13.0 Å². The van der Waals surface area contributed by atoms with Gasteiger partial charge < -0.3 is 9.88 Å². The highest BCUT2D eigenvalue weighted by Gasteiger charge is 2.28. The van der Waals surface area contributed by atoms with Crippen molar-refractivity contribution in [2.45, 2.75) is 19.9 Å². The summed E-state index contributed by atoms with van der Waals surface area (Å²) in [5.74, 6) is 0.409. The Kier molecular flexibility index (Phi) is 4.17. The number of anilines is 1. The molecule has 0 fully saturated rings. The Hall–Kier alpha value is -3.35. The van der Waals surface area contributed by atoms with Gasteiger partial charge in [-0.05, 0) is 30.7 Å². The van der Waals surface area contributed by atoms with Crippen LogP contribution in [-0.4, -0.2) is 26.1 Å². The van der Waals surface area contributed by atoms with Crippen LogP contribution < -0.4 is 4.90 Å². The molecule has 34 heavy (non-hydrogen) atoms. The molecule has 5 heterocycles. The van der Waals surface area contributed by atoms with E-state index in [2.05, 4.69) is 33.9 Å². The Morgan fingerprint density at radius 3 is 2.79 bits per heavy atom. The molecule has 1 aliphatic rings. The molecule has 168 valence electrons. The molecule has 0 saturated heterocycles. The molecule has 0 atom stereocenters. The second-order valence-electron chi connectivity index (χ2n) is 8.83. The van der Waals surface area contributed by atoms with Crippen LogP contribution >= 0.6 is 23.2 Å².